The van der Waals surface area contributed by atoms with Crippen molar-refractivity contribution in [1.82, 2.24) is 9.80 Å². The number of carbonyl (C=O) groups is 1. The number of halogens is 2. The summed E-state index contributed by atoms with van der Waals surface area (Å²) >= 11 is 0. The van der Waals surface area contributed by atoms with E-state index in [9.17, 15) is 4.79 Å². The second-order valence-electron chi connectivity index (χ2n) is 6.28. The molecular formula is C15H31Cl2N3O2. The summed E-state index contributed by atoms with van der Waals surface area (Å²) in [6.07, 6.45) is 3.78. The Morgan fingerprint density at radius 2 is 1.95 bits per heavy atom. The highest BCUT2D eigenvalue weighted by Crippen LogP contribution is 2.19. The van der Waals surface area contributed by atoms with Crippen LogP contribution in [0.2, 0.25) is 0 Å². The van der Waals surface area contributed by atoms with Gasteiger partial charge in [-0.25, -0.2) is 0 Å². The molecule has 2 unspecified atom stereocenters. The van der Waals surface area contributed by atoms with Crippen LogP contribution in [-0.4, -0.2) is 67.7 Å². The van der Waals surface area contributed by atoms with Crippen LogP contribution >= 0.6 is 24.8 Å². The molecule has 2 N–H and O–H groups in total. The first-order valence-electron chi connectivity index (χ1n) is 7.98. The Morgan fingerprint density at radius 1 is 1.27 bits per heavy atom. The van der Waals surface area contributed by atoms with Crippen molar-refractivity contribution in [3.63, 3.8) is 0 Å². The zero-order chi connectivity index (χ0) is 14.4. The molecule has 2 saturated heterocycles. The molecule has 2 aliphatic rings. The standard InChI is InChI=1S/C15H29N3O2.2ClH/c1-13(16)4-5-15(19)18-6-2-3-14(12-18)11-17-7-9-20-10-8-17;;/h13-14H,2-12,16H2,1H3;2*1H. The van der Waals surface area contributed by atoms with Gasteiger partial charge in [-0.05, 0) is 32.1 Å². The predicted octanol–water partition coefficient (Wildman–Crippen LogP) is 1.53. The number of ether oxygens (including phenoxy) is 1. The van der Waals surface area contributed by atoms with Gasteiger partial charge in [0.1, 0.15) is 0 Å². The Morgan fingerprint density at radius 3 is 2.59 bits per heavy atom. The number of piperidine rings is 1. The second kappa shape index (κ2) is 11.5. The lowest BCUT2D eigenvalue weighted by Crippen LogP contribution is -2.46. The first kappa shape index (κ1) is 21.9. The Hall–Kier alpha value is -0.0700. The third-order valence-corrected chi connectivity index (χ3v) is 4.31. The van der Waals surface area contributed by atoms with E-state index in [1.807, 2.05) is 6.92 Å². The number of nitrogens with two attached hydrogens (primary N) is 1. The van der Waals surface area contributed by atoms with E-state index >= 15 is 0 Å². The third-order valence-electron chi connectivity index (χ3n) is 4.31. The fourth-order valence-corrected chi connectivity index (χ4v) is 3.10. The molecule has 2 atom stereocenters. The molecule has 7 heteroatoms. The molecule has 0 aliphatic carbocycles. The second-order valence-corrected chi connectivity index (χ2v) is 6.28. The molecule has 22 heavy (non-hydrogen) atoms. The van der Waals surface area contributed by atoms with Gasteiger partial charge in [-0.2, -0.15) is 0 Å². The number of hydrogen-bond acceptors (Lipinski definition) is 4. The summed E-state index contributed by atoms with van der Waals surface area (Å²) in [5.41, 5.74) is 5.73. The number of nitrogens with zero attached hydrogens (tertiary/aromatic N) is 2. The van der Waals surface area contributed by atoms with Crippen LogP contribution in [0.3, 0.4) is 0 Å². The quantitative estimate of drug-likeness (QED) is 0.812. The summed E-state index contributed by atoms with van der Waals surface area (Å²) in [6, 6.07) is 0.118. The summed E-state index contributed by atoms with van der Waals surface area (Å²) in [6.45, 7) is 8.70. The average Bonchev–Trinajstić information content (AvgIpc) is 2.46. The van der Waals surface area contributed by atoms with E-state index in [0.717, 1.165) is 58.8 Å². The Labute approximate surface area is 146 Å². The lowest BCUT2D eigenvalue weighted by molar-refractivity contribution is -0.133. The number of hydrogen-bond donors (Lipinski definition) is 1. The molecule has 0 aromatic rings. The number of rotatable bonds is 5. The zero-order valence-electron chi connectivity index (χ0n) is 13.5. The van der Waals surface area contributed by atoms with Crippen LogP contribution in [-0.2, 0) is 9.53 Å². The minimum Gasteiger partial charge on any atom is -0.379 e. The van der Waals surface area contributed by atoms with Gasteiger partial charge in [0.05, 0.1) is 13.2 Å². The number of carbonyl (C=O) groups excluding carboxylic acids is 1. The maximum atomic E-state index is 12.2. The lowest BCUT2D eigenvalue weighted by atomic mass is 9.96. The number of morpholine rings is 1. The van der Waals surface area contributed by atoms with Gasteiger partial charge in [0.15, 0.2) is 0 Å². The minimum absolute atomic E-state index is 0. The van der Waals surface area contributed by atoms with Crippen LogP contribution in [0, 0.1) is 5.92 Å². The van der Waals surface area contributed by atoms with Crippen molar-refractivity contribution >= 4 is 30.7 Å². The molecule has 2 rings (SSSR count). The Bertz CT molecular complexity index is 313. The van der Waals surface area contributed by atoms with Gasteiger partial charge < -0.3 is 15.4 Å². The van der Waals surface area contributed by atoms with Gasteiger partial charge in [0, 0.05) is 45.2 Å². The van der Waals surface area contributed by atoms with Crippen LogP contribution in [0.5, 0.6) is 0 Å². The molecule has 0 radical (unpaired) electrons. The average molecular weight is 356 g/mol. The summed E-state index contributed by atoms with van der Waals surface area (Å²) < 4.78 is 5.38. The Kier molecular flexibility index (Phi) is 11.4. The van der Waals surface area contributed by atoms with Crippen molar-refractivity contribution in [3.05, 3.63) is 0 Å². The SMILES string of the molecule is CC(N)CCC(=O)N1CCCC(CN2CCOCC2)C1.Cl.Cl. The topological polar surface area (TPSA) is 58.8 Å². The van der Waals surface area contributed by atoms with E-state index in [4.69, 9.17) is 10.5 Å². The molecule has 0 spiro atoms. The van der Waals surface area contributed by atoms with Crippen molar-refractivity contribution in [2.75, 3.05) is 45.9 Å². The van der Waals surface area contributed by atoms with Gasteiger partial charge in [-0.3, -0.25) is 9.69 Å². The number of likely N-dealkylation sites (tertiary alicyclic amines) is 1. The van der Waals surface area contributed by atoms with Gasteiger partial charge in [0.25, 0.3) is 0 Å². The van der Waals surface area contributed by atoms with E-state index in [-0.39, 0.29) is 36.8 Å². The Balaban J connectivity index is 0.00000220. The molecule has 5 nitrogen and oxygen atoms in total. The van der Waals surface area contributed by atoms with Crippen molar-refractivity contribution < 1.29 is 9.53 Å². The highest BCUT2D eigenvalue weighted by molar-refractivity contribution is 5.85. The smallest absolute Gasteiger partial charge is 0.222 e. The molecule has 0 bridgehead atoms. The monoisotopic (exact) mass is 355 g/mol. The summed E-state index contributed by atoms with van der Waals surface area (Å²) in [7, 11) is 0. The lowest BCUT2D eigenvalue weighted by Gasteiger charge is -2.37. The van der Waals surface area contributed by atoms with Gasteiger partial charge in [0.2, 0.25) is 5.91 Å². The largest absolute Gasteiger partial charge is 0.379 e. The van der Waals surface area contributed by atoms with E-state index in [1.54, 1.807) is 0 Å². The molecule has 0 aromatic carbocycles. The molecule has 0 saturated carbocycles. The molecule has 2 aliphatic heterocycles. The first-order valence-corrected chi connectivity index (χ1v) is 7.98. The third kappa shape index (κ3) is 7.47. The van der Waals surface area contributed by atoms with Gasteiger partial charge in [-0.15, -0.1) is 24.8 Å². The summed E-state index contributed by atoms with van der Waals surface area (Å²) in [4.78, 5) is 16.7. The predicted molar refractivity (Wildman–Crippen MR) is 93.9 cm³/mol. The van der Waals surface area contributed by atoms with Crippen molar-refractivity contribution in [2.45, 2.75) is 38.6 Å². The molecule has 2 heterocycles. The first-order chi connectivity index (χ1) is 9.65. The van der Waals surface area contributed by atoms with Gasteiger partial charge in [-0.1, -0.05) is 0 Å². The van der Waals surface area contributed by atoms with E-state index in [1.165, 1.54) is 6.42 Å². The van der Waals surface area contributed by atoms with Crippen molar-refractivity contribution in [1.29, 1.82) is 0 Å². The van der Waals surface area contributed by atoms with E-state index < -0.39 is 0 Å². The maximum Gasteiger partial charge on any atom is 0.222 e. The summed E-state index contributed by atoms with van der Waals surface area (Å²) in [5, 5.41) is 0. The molecule has 132 valence electrons. The molecule has 1 amide bonds. The van der Waals surface area contributed by atoms with Crippen molar-refractivity contribution in [2.24, 2.45) is 11.7 Å². The maximum absolute atomic E-state index is 12.2. The molecule has 2 fully saturated rings. The van der Waals surface area contributed by atoms with Crippen LogP contribution in [0.4, 0.5) is 0 Å². The number of amides is 1. The van der Waals surface area contributed by atoms with Crippen molar-refractivity contribution in [3.8, 4) is 0 Å². The highest BCUT2D eigenvalue weighted by atomic mass is 35.5. The minimum atomic E-state index is 0. The zero-order valence-corrected chi connectivity index (χ0v) is 15.2. The fraction of sp³-hybridized carbons (Fsp3) is 0.933. The van der Waals surface area contributed by atoms with Crippen LogP contribution in [0.1, 0.15) is 32.6 Å². The van der Waals surface area contributed by atoms with E-state index in [2.05, 4.69) is 9.80 Å². The summed E-state index contributed by atoms with van der Waals surface area (Å²) in [5.74, 6) is 0.912. The van der Waals surface area contributed by atoms with E-state index in [0.29, 0.717) is 12.3 Å². The molecular weight excluding hydrogens is 325 g/mol. The van der Waals surface area contributed by atoms with Crippen LogP contribution < -0.4 is 5.73 Å². The normalized spacial score (nSPS) is 24.1. The highest BCUT2D eigenvalue weighted by Gasteiger charge is 2.25. The van der Waals surface area contributed by atoms with Crippen LogP contribution in [0.15, 0.2) is 0 Å². The fourth-order valence-electron chi connectivity index (χ4n) is 3.10. The molecule has 0 aromatic heterocycles. The van der Waals surface area contributed by atoms with Crippen LogP contribution in [0.25, 0.3) is 0 Å². The van der Waals surface area contributed by atoms with Gasteiger partial charge >= 0.3 is 0 Å².